The molecular formula is C21H40BNO4Si2. The lowest BCUT2D eigenvalue weighted by Crippen LogP contribution is -2.63. The molecule has 1 atom stereocenters. The molecule has 0 N–H and O–H groups in total. The zero-order chi connectivity index (χ0) is 22.3. The highest BCUT2D eigenvalue weighted by Gasteiger charge is 2.58. The first-order chi connectivity index (χ1) is 13.1. The van der Waals surface area contributed by atoms with Crippen molar-refractivity contribution in [3.8, 4) is 5.75 Å². The Balaban J connectivity index is 2.65. The smallest absolute Gasteiger partial charge is 0.467 e. The van der Waals surface area contributed by atoms with E-state index < -0.39 is 16.5 Å². The third kappa shape index (κ3) is 5.35. The SMILES string of the molecule is COCOc1ccccc1C(B1OC(C)(C)C(C)(C)O1)N([Si](C)(C)C)[Si](C)(C)C. The molecule has 1 saturated heterocycles. The first-order valence-corrected chi connectivity index (χ1v) is 17.4. The first kappa shape index (κ1) is 24.6. The molecule has 8 heteroatoms. The standard InChI is InChI=1S/C21H40BNO4Si2/c1-20(2)21(3,4)27-22(26-20)19(23(28(6,7)8)29(9,10)11)17-14-12-13-15-18(17)25-16-24-5/h12-15,19H,16H2,1-11H3. The Kier molecular flexibility index (Phi) is 7.20. The van der Waals surface area contributed by atoms with Crippen LogP contribution in [0.2, 0.25) is 39.3 Å². The number of para-hydroxylation sites is 1. The van der Waals surface area contributed by atoms with Gasteiger partial charge >= 0.3 is 7.12 Å². The quantitative estimate of drug-likeness (QED) is 0.407. The fourth-order valence-electron chi connectivity index (χ4n) is 4.24. The predicted molar refractivity (Wildman–Crippen MR) is 126 cm³/mol. The van der Waals surface area contributed by atoms with Crippen molar-refractivity contribution >= 4 is 23.6 Å². The van der Waals surface area contributed by atoms with Crippen molar-refractivity contribution in [2.45, 2.75) is 84.1 Å². The molecule has 1 aromatic rings. The Hall–Kier alpha value is -0.641. The van der Waals surface area contributed by atoms with E-state index in [1.54, 1.807) is 7.11 Å². The maximum Gasteiger partial charge on any atom is 0.479 e. The van der Waals surface area contributed by atoms with E-state index in [0.717, 1.165) is 11.3 Å². The summed E-state index contributed by atoms with van der Waals surface area (Å²) in [6.45, 7) is 23.1. The minimum Gasteiger partial charge on any atom is -0.467 e. The molecule has 0 spiro atoms. The summed E-state index contributed by atoms with van der Waals surface area (Å²) >= 11 is 0. The average Bonchev–Trinajstić information content (AvgIpc) is 2.76. The molecule has 0 saturated carbocycles. The van der Waals surface area contributed by atoms with E-state index in [-0.39, 0.29) is 31.1 Å². The second kappa shape index (κ2) is 8.48. The number of methoxy groups -OCH3 is 1. The third-order valence-corrected chi connectivity index (χ3v) is 13.3. The van der Waals surface area contributed by atoms with Gasteiger partial charge in [0.1, 0.15) is 22.2 Å². The Bertz CT molecular complexity index is 671. The van der Waals surface area contributed by atoms with Crippen molar-refractivity contribution in [2.24, 2.45) is 0 Å². The lowest BCUT2D eigenvalue weighted by molar-refractivity contribution is 0.00578. The molecule has 1 aliphatic rings. The molecule has 0 aliphatic carbocycles. The highest BCUT2D eigenvalue weighted by molar-refractivity contribution is 6.90. The monoisotopic (exact) mass is 437 g/mol. The van der Waals surface area contributed by atoms with Crippen LogP contribution < -0.4 is 4.74 Å². The van der Waals surface area contributed by atoms with Crippen LogP contribution in [-0.2, 0) is 14.0 Å². The maximum atomic E-state index is 6.61. The molecule has 0 radical (unpaired) electrons. The van der Waals surface area contributed by atoms with Crippen LogP contribution >= 0.6 is 0 Å². The van der Waals surface area contributed by atoms with E-state index in [1.807, 2.05) is 12.1 Å². The highest BCUT2D eigenvalue weighted by atomic mass is 28.4. The van der Waals surface area contributed by atoms with Crippen LogP contribution in [-0.4, -0.2) is 52.9 Å². The Morgan fingerprint density at radius 2 is 1.41 bits per heavy atom. The van der Waals surface area contributed by atoms with Crippen LogP contribution in [0.15, 0.2) is 24.3 Å². The van der Waals surface area contributed by atoms with E-state index in [1.165, 1.54) is 0 Å². The lowest BCUT2D eigenvalue weighted by Gasteiger charge is -2.49. The summed E-state index contributed by atoms with van der Waals surface area (Å²) in [6, 6.07) is 8.23. The van der Waals surface area contributed by atoms with Crippen molar-refractivity contribution in [1.29, 1.82) is 0 Å². The molecule has 29 heavy (non-hydrogen) atoms. The van der Waals surface area contributed by atoms with Gasteiger partial charge in [0.25, 0.3) is 0 Å². The number of benzene rings is 1. The summed E-state index contributed by atoms with van der Waals surface area (Å²) in [4.78, 5) is 0. The van der Waals surface area contributed by atoms with Gasteiger partial charge in [-0.25, -0.2) is 0 Å². The van der Waals surface area contributed by atoms with Crippen LogP contribution in [0, 0.1) is 0 Å². The zero-order valence-corrected chi connectivity index (χ0v) is 22.3. The van der Waals surface area contributed by atoms with Gasteiger partial charge in [-0.15, -0.1) is 0 Å². The minimum absolute atomic E-state index is 0.0394. The van der Waals surface area contributed by atoms with Gasteiger partial charge in [-0.05, 0) is 33.8 Å². The molecule has 164 valence electrons. The van der Waals surface area contributed by atoms with E-state index in [4.69, 9.17) is 18.8 Å². The summed E-state index contributed by atoms with van der Waals surface area (Å²) < 4.78 is 27.1. The second-order valence-corrected chi connectivity index (χ2v) is 21.0. The largest absolute Gasteiger partial charge is 0.479 e. The Morgan fingerprint density at radius 3 is 1.86 bits per heavy atom. The van der Waals surface area contributed by atoms with Crippen molar-refractivity contribution in [3.63, 3.8) is 0 Å². The van der Waals surface area contributed by atoms with Gasteiger partial charge in [-0.1, -0.05) is 57.5 Å². The topological polar surface area (TPSA) is 40.2 Å². The summed E-state index contributed by atoms with van der Waals surface area (Å²) in [7, 11) is -2.19. The molecule has 0 amide bonds. The Labute approximate surface area is 180 Å². The highest BCUT2D eigenvalue weighted by Crippen LogP contribution is 2.46. The fourth-order valence-corrected chi connectivity index (χ4v) is 14.5. The van der Waals surface area contributed by atoms with E-state index in [2.05, 4.69) is 83.3 Å². The zero-order valence-electron chi connectivity index (χ0n) is 20.3. The molecule has 1 aromatic carbocycles. The molecule has 0 aromatic heterocycles. The molecule has 1 aliphatic heterocycles. The number of rotatable bonds is 8. The molecule has 1 fully saturated rings. The summed E-state index contributed by atoms with van der Waals surface area (Å²) in [6.07, 6.45) is 0. The van der Waals surface area contributed by atoms with Gasteiger partial charge in [0, 0.05) is 12.7 Å². The van der Waals surface area contributed by atoms with Crippen LogP contribution in [0.4, 0.5) is 0 Å². The fraction of sp³-hybridized carbons (Fsp3) is 0.714. The van der Waals surface area contributed by atoms with Crippen LogP contribution in [0.5, 0.6) is 5.75 Å². The average molecular weight is 438 g/mol. The molecule has 1 unspecified atom stereocenters. The summed E-state index contributed by atoms with van der Waals surface area (Å²) in [5.41, 5.74) is 0.332. The van der Waals surface area contributed by atoms with Gasteiger partial charge in [-0.2, -0.15) is 0 Å². The maximum absolute atomic E-state index is 6.61. The van der Waals surface area contributed by atoms with Crippen molar-refractivity contribution < 1.29 is 18.8 Å². The van der Waals surface area contributed by atoms with E-state index >= 15 is 0 Å². The number of hydrogen-bond acceptors (Lipinski definition) is 5. The third-order valence-electron chi connectivity index (χ3n) is 5.82. The lowest BCUT2D eigenvalue weighted by atomic mass is 9.74. The van der Waals surface area contributed by atoms with Crippen LogP contribution in [0.1, 0.15) is 39.2 Å². The van der Waals surface area contributed by atoms with Crippen LogP contribution in [0.3, 0.4) is 0 Å². The van der Waals surface area contributed by atoms with Gasteiger partial charge in [0.05, 0.1) is 17.1 Å². The molecule has 1 heterocycles. The molecular weight excluding hydrogens is 397 g/mol. The molecule has 0 bridgehead atoms. The van der Waals surface area contributed by atoms with Crippen LogP contribution in [0.25, 0.3) is 0 Å². The van der Waals surface area contributed by atoms with Crippen molar-refractivity contribution in [3.05, 3.63) is 29.8 Å². The van der Waals surface area contributed by atoms with Crippen molar-refractivity contribution in [1.82, 2.24) is 4.23 Å². The number of hydrogen-bond donors (Lipinski definition) is 0. The predicted octanol–water partition coefficient (Wildman–Crippen LogP) is 5.31. The van der Waals surface area contributed by atoms with Gasteiger partial charge in [-0.3, -0.25) is 0 Å². The number of nitrogens with zero attached hydrogens (tertiary/aromatic N) is 1. The van der Waals surface area contributed by atoms with Gasteiger partial charge in [0.15, 0.2) is 6.79 Å². The van der Waals surface area contributed by atoms with E-state index in [0.29, 0.717) is 0 Å². The van der Waals surface area contributed by atoms with Crippen molar-refractivity contribution in [2.75, 3.05) is 13.9 Å². The first-order valence-electron chi connectivity index (χ1n) is 10.5. The van der Waals surface area contributed by atoms with Gasteiger partial charge in [0.2, 0.25) is 0 Å². The molecule has 5 nitrogen and oxygen atoms in total. The summed E-state index contributed by atoms with van der Waals surface area (Å²) in [5.74, 6) is 0.790. The van der Waals surface area contributed by atoms with Gasteiger partial charge < -0.3 is 23.0 Å². The normalized spacial score (nSPS) is 20.2. The second-order valence-electron chi connectivity index (χ2n) is 10.9. The number of ether oxygens (including phenoxy) is 2. The molecule has 2 rings (SSSR count). The Morgan fingerprint density at radius 1 is 0.931 bits per heavy atom. The summed E-state index contributed by atoms with van der Waals surface area (Å²) in [5, 5.41) is 0. The van der Waals surface area contributed by atoms with E-state index in [9.17, 15) is 0 Å². The minimum atomic E-state index is -1.73.